The summed E-state index contributed by atoms with van der Waals surface area (Å²) in [4.78, 5) is 0. The van der Waals surface area contributed by atoms with E-state index in [9.17, 15) is 4.39 Å². The van der Waals surface area contributed by atoms with Crippen molar-refractivity contribution >= 4 is 0 Å². The van der Waals surface area contributed by atoms with Crippen molar-refractivity contribution in [3.63, 3.8) is 0 Å². The van der Waals surface area contributed by atoms with Crippen LogP contribution in [0.25, 0.3) is 22.5 Å². The fraction of sp³-hybridized carbons (Fsp3) is 0.158. The summed E-state index contributed by atoms with van der Waals surface area (Å²) >= 11 is 0. The molecule has 0 aliphatic rings. The van der Waals surface area contributed by atoms with Gasteiger partial charge in [-0.15, -0.1) is 10.2 Å². The second-order valence-electron chi connectivity index (χ2n) is 5.31. The topological polar surface area (TPSA) is 35.0 Å². The van der Waals surface area contributed by atoms with Gasteiger partial charge in [-0.1, -0.05) is 24.3 Å². The van der Waals surface area contributed by atoms with Crippen LogP contribution in [-0.2, 0) is 4.74 Å². The van der Waals surface area contributed by atoms with Crippen molar-refractivity contribution in [2.24, 2.45) is 0 Å². The van der Waals surface area contributed by atoms with Crippen LogP contribution in [0.5, 0.6) is 0 Å². The monoisotopic (exact) mass is 308 g/mol. The first kappa shape index (κ1) is 15.3. The molecule has 0 aliphatic carbocycles. The standard InChI is InChI=1S/C19H17FN2O/c1-13(23-2)14-3-5-15(6-4-14)18-11-12-19(22-21-18)16-7-9-17(20)10-8-16/h3-13H,1-2H3. The highest BCUT2D eigenvalue weighted by molar-refractivity contribution is 5.63. The summed E-state index contributed by atoms with van der Waals surface area (Å²) in [6.45, 7) is 2.01. The molecule has 0 aliphatic heterocycles. The number of nitrogens with zero attached hydrogens (tertiary/aromatic N) is 2. The highest BCUT2D eigenvalue weighted by Gasteiger charge is 2.06. The molecular formula is C19H17FN2O. The van der Waals surface area contributed by atoms with Gasteiger partial charge in [-0.25, -0.2) is 4.39 Å². The number of halogens is 1. The highest BCUT2D eigenvalue weighted by Crippen LogP contribution is 2.23. The molecule has 1 heterocycles. The second-order valence-corrected chi connectivity index (χ2v) is 5.31. The molecule has 3 nitrogen and oxygen atoms in total. The SMILES string of the molecule is COC(C)c1ccc(-c2ccc(-c3ccc(F)cc3)nn2)cc1. The summed E-state index contributed by atoms with van der Waals surface area (Å²) < 4.78 is 18.3. The fourth-order valence-electron chi connectivity index (χ4n) is 2.32. The van der Waals surface area contributed by atoms with Crippen molar-refractivity contribution in [3.8, 4) is 22.5 Å². The van der Waals surface area contributed by atoms with E-state index < -0.39 is 0 Å². The largest absolute Gasteiger partial charge is 0.377 e. The minimum atomic E-state index is -0.260. The average Bonchev–Trinajstić information content (AvgIpc) is 2.62. The molecule has 0 bridgehead atoms. The van der Waals surface area contributed by atoms with Gasteiger partial charge in [-0.2, -0.15) is 0 Å². The van der Waals surface area contributed by atoms with E-state index in [1.54, 1.807) is 19.2 Å². The second kappa shape index (κ2) is 6.67. The Bertz CT molecular complexity index is 768. The number of aromatic nitrogens is 2. The smallest absolute Gasteiger partial charge is 0.123 e. The van der Waals surface area contributed by atoms with Gasteiger partial charge in [0.1, 0.15) is 5.82 Å². The maximum atomic E-state index is 13.0. The molecule has 3 rings (SSSR count). The zero-order valence-electron chi connectivity index (χ0n) is 13.0. The molecule has 0 amide bonds. The van der Waals surface area contributed by atoms with Crippen molar-refractivity contribution in [1.29, 1.82) is 0 Å². The molecule has 0 saturated carbocycles. The molecular weight excluding hydrogens is 291 g/mol. The van der Waals surface area contributed by atoms with Crippen LogP contribution in [0, 0.1) is 5.82 Å². The van der Waals surface area contributed by atoms with Crippen LogP contribution in [0.4, 0.5) is 4.39 Å². The first-order valence-electron chi connectivity index (χ1n) is 7.40. The van der Waals surface area contributed by atoms with Crippen LogP contribution in [-0.4, -0.2) is 17.3 Å². The van der Waals surface area contributed by atoms with E-state index in [2.05, 4.69) is 10.2 Å². The van der Waals surface area contributed by atoms with E-state index in [1.165, 1.54) is 12.1 Å². The summed E-state index contributed by atoms with van der Waals surface area (Å²) in [5.41, 5.74) is 4.47. The minimum Gasteiger partial charge on any atom is -0.377 e. The summed E-state index contributed by atoms with van der Waals surface area (Å²) in [6, 6.07) is 18.1. The van der Waals surface area contributed by atoms with Crippen LogP contribution < -0.4 is 0 Å². The Morgan fingerprint density at radius 1 is 0.783 bits per heavy atom. The van der Waals surface area contributed by atoms with E-state index in [0.717, 1.165) is 28.1 Å². The summed E-state index contributed by atoms with van der Waals surface area (Å²) in [5.74, 6) is -0.260. The molecule has 3 aromatic rings. The Morgan fingerprint density at radius 2 is 1.26 bits per heavy atom. The van der Waals surface area contributed by atoms with Gasteiger partial charge in [0.15, 0.2) is 0 Å². The molecule has 0 fully saturated rings. The molecule has 4 heteroatoms. The lowest BCUT2D eigenvalue weighted by Gasteiger charge is -2.10. The predicted octanol–water partition coefficient (Wildman–Crippen LogP) is 4.66. The van der Waals surface area contributed by atoms with E-state index in [-0.39, 0.29) is 11.9 Å². The maximum Gasteiger partial charge on any atom is 0.123 e. The quantitative estimate of drug-likeness (QED) is 0.703. The van der Waals surface area contributed by atoms with Crippen molar-refractivity contribution in [2.45, 2.75) is 13.0 Å². The molecule has 1 atom stereocenters. The zero-order valence-corrected chi connectivity index (χ0v) is 13.0. The molecule has 1 aromatic heterocycles. The molecule has 116 valence electrons. The molecule has 0 radical (unpaired) electrons. The van der Waals surface area contributed by atoms with Gasteiger partial charge in [-0.3, -0.25) is 0 Å². The van der Waals surface area contributed by atoms with E-state index >= 15 is 0 Å². The minimum absolute atomic E-state index is 0.0657. The molecule has 0 N–H and O–H groups in total. The lowest BCUT2D eigenvalue weighted by Crippen LogP contribution is -1.96. The Balaban J connectivity index is 1.83. The Morgan fingerprint density at radius 3 is 1.70 bits per heavy atom. The van der Waals surface area contributed by atoms with Gasteiger partial charge in [0.25, 0.3) is 0 Å². The van der Waals surface area contributed by atoms with Gasteiger partial charge < -0.3 is 4.74 Å². The van der Waals surface area contributed by atoms with Gasteiger partial charge in [-0.05, 0) is 48.9 Å². The van der Waals surface area contributed by atoms with Crippen molar-refractivity contribution in [1.82, 2.24) is 10.2 Å². The molecule has 1 unspecified atom stereocenters. The third-order valence-corrected chi connectivity index (χ3v) is 3.83. The van der Waals surface area contributed by atoms with Crippen LogP contribution in [0.3, 0.4) is 0 Å². The summed E-state index contributed by atoms with van der Waals surface area (Å²) in [7, 11) is 1.69. The molecule has 23 heavy (non-hydrogen) atoms. The molecule has 2 aromatic carbocycles. The Kier molecular flexibility index (Phi) is 4.44. The van der Waals surface area contributed by atoms with E-state index in [0.29, 0.717) is 0 Å². The van der Waals surface area contributed by atoms with Gasteiger partial charge in [0.2, 0.25) is 0 Å². The van der Waals surface area contributed by atoms with Crippen molar-refractivity contribution in [3.05, 3.63) is 72.0 Å². The summed E-state index contributed by atoms with van der Waals surface area (Å²) in [6.07, 6.45) is 0.0657. The number of rotatable bonds is 4. The normalized spacial score (nSPS) is 12.1. The van der Waals surface area contributed by atoms with Gasteiger partial charge in [0, 0.05) is 18.2 Å². The van der Waals surface area contributed by atoms with Gasteiger partial charge >= 0.3 is 0 Å². The van der Waals surface area contributed by atoms with E-state index in [4.69, 9.17) is 4.74 Å². The number of benzene rings is 2. The lowest BCUT2D eigenvalue weighted by molar-refractivity contribution is 0.119. The third-order valence-electron chi connectivity index (χ3n) is 3.83. The van der Waals surface area contributed by atoms with E-state index in [1.807, 2.05) is 43.3 Å². The van der Waals surface area contributed by atoms with Gasteiger partial charge in [0.05, 0.1) is 17.5 Å². The van der Waals surface area contributed by atoms with Crippen LogP contribution >= 0.6 is 0 Å². The van der Waals surface area contributed by atoms with Crippen LogP contribution in [0.2, 0.25) is 0 Å². The van der Waals surface area contributed by atoms with Crippen LogP contribution in [0.15, 0.2) is 60.7 Å². The number of methoxy groups -OCH3 is 1. The molecule has 0 spiro atoms. The third kappa shape index (κ3) is 3.43. The summed E-state index contributed by atoms with van der Waals surface area (Å²) in [5, 5.41) is 8.50. The lowest BCUT2D eigenvalue weighted by atomic mass is 10.1. The first-order valence-corrected chi connectivity index (χ1v) is 7.40. The van der Waals surface area contributed by atoms with Crippen LogP contribution in [0.1, 0.15) is 18.6 Å². The predicted molar refractivity (Wildman–Crippen MR) is 88.3 cm³/mol. The Labute approximate surface area is 134 Å². The van der Waals surface area contributed by atoms with Crippen molar-refractivity contribution < 1.29 is 9.13 Å². The molecule has 0 saturated heterocycles. The highest BCUT2D eigenvalue weighted by atomic mass is 19.1. The zero-order chi connectivity index (χ0) is 16.2. The van der Waals surface area contributed by atoms with Crippen molar-refractivity contribution in [2.75, 3.05) is 7.11 Å². The first-order chi connectivity index (χ1) is 11.2. The Hall–Kier alpha value is -2.59. The number of hydrogen-bond acceptors (Lipinski definition) is 3. The number of ether oxygens (including phenoxy) is 1. The fourth-order valence-corrected chi connectivity index (χ4v) is 2.32. The maximum absolute atomic E-state index is 13.0. The average molecular weight is 308 g/mol. The number of hydrogen-bond donors (Lipinski definition) is 0.